The van der Waals surface area contributed by atoms with E-state index in [1.165, 1.54) is 11.1 Å². The third-order valence-corrected chi connectivity index (χ3v) is 5.31. The molecule has 3 heteroatoms. The van der Waals surface area contributed by atoms with Crippen molar-refractivity contribution in [2.75, 3.05) is 11.9 Å². The lowest BCUT2D eigenvalue weighted by Crippen LogP contribution is -2.38. The number of hydrogen-bond donors (Lipinski definition) is 1. The maximum Gasteiger partial charge on any atom is 0.227 e. The first kappa shape index (κ1) is 14.6. The highest BCUT2D eigenvalue weighted by atomic mass is 79.9. The van der Waals surface area contributed by atoms with Crippen LogP contribution in [-0.4, -0.2) is 17.8 Å². The second-order valence-corrected chi connectivity index (χ2v) is 6.72. The maximum atomic E-state index is 12.4. The molecule has 2 rings (SSSR count). The summed E-state index contributed by atoms with van der Waals surface area (Å²) in [5.41, 5.74) is 2.67. The number of nitrogens with one attached hydrogen (secondary N) is 1. The fraction of sp³-hybridized carbons (Fsp3) is 0.562. The van der Waals surface area contributed by atoms with Gasteiger partial charge >= 0.3 is 0 Å². The summed E-state index contributed by atoms with van der Waals surface area (Å²) >= 11 is 3.49. The molecular weight excluding hydrogens is 302 g/mol. The number of carbonyl (C=O) groups is 1. The minimum Gasteiger partial charge on any atom is -0.355 e. The number of aryl methyl sites for hydroxylation is 1. The Balaban J connectivity index is 2.05. The maximum absolute atomic E-state index is 12.4. The third kappa shape index (κ3) is 3.59. The molecule has 1 aromatic carbocycles. The summed E-state index contributed by atoms with van der Waals surface area (Å²) in [5.74, 6) is 0.220. The van der Waals surface area contributed by atoms with E-state index in [0.29, 0.717) is 0 Å². The zero-order chi connectivity index (χ0) is 13.9. The number of halogens is 1. The van der Waals surface area contributed by atoms with E-state index in [-0.39, 0.29) is 17.2 Å². The van der Waals surface area contributed by atoms with Gasteiger partial charge in [-0.3, -0.25) is 4.79 Å². The van der Waals surface area contributed by atoms with Crippen LogP contribution in [-0.2, 0) is 11.2 Å². The van der Waals surface area contributed by atoms with Crippen LogP contribution in [0.25, 0.3) is 0 Å². The van der Waals surface area contributed by atoms with Crippen molar-refractivity contribution in [2.45, 2.75) is 39.0 Å². The van der Waals surface area contributed by atoms with E-state index in [4.69, 9.17) is 0 Å². The molecule has 1 N–H and O–H groups in total. The molecular formula is C16H22BrNO. The first-order chi connectivity index (χ1) is 9.03. The number of hydrogen-bond acceptors (Lipinski definition) is 1. The van der Waals surface area contributed by atoms with Gasteiger partial charge in [-0.2, -0.15) is 0 Å². The Hall–Kier alpha value is -0.830. The molecule has 0 heterocycles. The molecule has 1 unspecified atom stereocenters. The second kappa shape index (κ2) is 6.08. The molecule has 0 fully saturated rings. The fourth-order valence-corrected chi connectivity index (χ4v) is 2.72. The zero-order valence-electron chi connectivity index (χ0n) is 11.7. The predicted octanol–water partition coefficient (Wildman–Crippen LogP) is 3.64. The van der Waals surface area contributed by atoms with Crippen LogP contribution in [0.15, 0.2) is 24.3 Å². The molecule has 1 aliphatic rings. The van der Waals surface area contributed by atoms with Crippen molar-refractivity contribution in [2.24, 2.45) is 5.41 Å². The van der Waals surface area contributed by atoms with Gasteiger partial charge in [0.2, 0.25) is 5.91 Å². The number of rotatable bonds is 4. The minimum absolute atomic E-state index is 0.0380. The van der Waals surface area contributed by atoms with Crippen LogP contribution < -0.4 is 5.32 Å². The van der Waals surface area contributed by atoms with Crippen LogP contribution in [0.2, 0.25) is 0 Å². The summed E-state index contributed by atoms with van der Waals surface area (Å²) in [5, 5.41) is 4.01. The Morgan fingerprint density at radius 3 is 2.89 bits per heavy atom. The smallest absolute Gasteiger partial charge is 0.227 e. The molecule has 0 spiro atoms. The van der Waals surface area contributed by atoms with Crippen molar-refractivity contribution in [1.82, 2.24) is 5.32 Å². The average Bonchev–Trinajstić information content (AvgIpc) is 2.44. The summed E-state index contributed by atoms with van der Waals surface area (Å²) in [6.07, 6.45) is 3.18. The molecule has 104 valence electrons. The van der Waals surface area contributed by atoms with Gasteiger partial charge in [0.1, 0.15) is 0 Å². The lowest BCUT2D eigenvalue weighted by molar-refractivity contribution is -0.123. The molecule has 2 nitrogen and oxygen atoms in total. The van der Waals surface area contributed by atoms with Gasteiger partial charge in [-0.1, -0.05) is 54.0 Å². The third-order valence-electron chi connectivity index (χ3n) is 3.79. The SMILES string of the molecule is CC(C)(CBr)CNC(=O)C1CCCc2ccccc21. The van der Waals surface area contributed by atoms with Crippen molar-refractivity contribution in [3.05, 3.63) is 35.4 Å². The van der Waals surface area contributed by atoms with Crippen molar-refractivity contribution in [1.29, 1.82) is 0 Å². The molecule has 1 aliphatic carbocycles. The molecule has 0 radical (unpaired) electrons. The standard InChI is InChI=1S/C16H22BrNO/c1-16(2,10-17)11-18-15(19)14-9-5-7-12-6-3-4-8-13(12)14/h3-4,6,8,14H,5,7,9-11H2,1-2H3,(H,18,19). The van der Waals surface area contributed by atoms with Crippen LogP contribution >= 0.6 is 15.9 Å². The number of benzene rings is 1. The van der Waals surface area contributed by atoms with Gasteiger partial charge in [0.15, 0.2) is 0 Å². The molecule has 1 aromatic rings. The first-order valence-corrected chi connectivity index (χ1v) is 8.07. The van der Waals surface area contributed by atoms with E-state index < -0.39 is 0 Å². The van der Waals surface area contributed by atoms with E-state index in [9.17, 15) is 4.79 Å². The Kier molecular flexibility index (Phi) is 4.67. The summed E-state index contributed by atoms with van der Waals surface area (Å²) in [6.45, 7) is 5.02. The summed E-state index contributed by atoms with van der Waals surface area (Å²) in [4.78, 5) is 12.4. The molecule has 19 heavy (non-hydrogen) atoms. The number of carbonyl (C=O) groups excluding carboxylic acids is 1. The lowest BCUT2D eigenvalue weighted by Gasteiger charge is -2.27. The molecule has 0 saturated heterocycles. The summed E-state index contributed by atoms with van der Waals surface area (Å²) in [6, 6.07) is 8.35. The van der Waals surface area contributed by atoms with E-state index in [2.05, 4.69) is 53.3 Å². The molecule has 0 bridgehead atoms. The van der Waals surface area contributed by atoms with Crippen molar-refractivity contribution < 1.29 is 4.79 Å². The van der Waals surface area contributed by atoms with E-state index in [1.54, 1.807) is 0 Å². The Morgan fingerprint density at radius 1 is 1.42 bits per heavy atom. The highest BCUT2D eigenvalue weighted by Crippen LogP contribution is 2.31. The van der Waals surface area contributed by atoms with Gasteiger partial charge in [-0.05, 0) is 35.8 Å². The fourth-order valence-electron chi connectivity index (χ4n) is 2.52. The van der Waals surface area contributed by atoms with E-state index in [1.807, 2.05) is 6.07 Å². The normalized spacial score (nSPS) is 18.8. The highest BCUT2D eigenvalue weighted by molar-refractivity contribution is 9.09. The van der Waals surface area contributed by atoms with Crippen molar-refractivity contribution in [3.8, 4) is 0 Å². The lowest BCUT2D eigenvalue weighted by atomic mass is 9.82. The Bertz CT molecular complexity index is 456. The van der Waals surface area contributed by atoms with Crippen LogP contribution in [0.3, 0.4) is 0 Å². The molecule has 0 aliphatic heterocycles. The van der Waals surface area contributed by atoms with Gasteiger partial charge < -0.3 is 5.32 Å². The largest absolute Gasteiger partial charge is 0.355 e. The Morgan fingerprint density at radius 2 is 2.16 bits per heavy atom. The topological polar surface area (TPSA) is 29.1 Å². The van der Waals surface area contributed by atoms with Crippen molar-refractivity contribution in [3.63, 3.8) is 0 Å². The van der Waals surface area contributed by atoms with E-state index >= 15 is 0 Å². The molecule has 0 saturated carbocycles. The predicted molar refractivity (Wildman–Crippen MR) is 82.7 cm³/mol. The summed E-state index contributed by atoms with van der Waals surface area (Å²) in [7, 11) is 0. The van der Waals surface area contributed by atoms with Gasteiger partial charge in [-0.25, -0.2) is 0 Å². The number of fused-ring (bicyclic) bond motifs is 1. The molecule has 0 aromatic heterocycles. The van der Waals surface area contributed by atoms with Crippen LogP contribution in [0.5, 0.6) is 0 Å². The van der Waals surface area contributed by atoms with Gasteiger partial charge in [0.25, 0.3) is 0 Å². The van der Waals surface area contributed by atoms with Gasteiger partial charge in [-0.15, -0.1) is 0 Å². The van der Waals surface area contributed by atoms with Gasteiger partial charge in [0, 0.05) is 11.9 Å². The number of amides is 1. The minimum atomic E-state index is 0.0380. The average molecular weight is 324 g/mol. The Labute approximate surface area is 124 Å². The van der Waals surface area contributed by atoms with Crippen LogP contribution in [0.4, 0.5) is 0 Å². The van der Waals surface area contributed by atoms with Crippen LogP contribution in [0.1, 0.15) is 43.7 Å². The zero-order valence-corrected chi connectivity index (χ0v) is 13.3. The highest BCUT2D eigenvalue weighted by Gasteiger charge is 2.27. The number of alkyl halides is 1. The second-order valence-electron chi connectivity index (χ2n) is 6.16. The summed E-state index contributed by atoms with van der Waals surface area (Å²) < 4.78 is 0. The van der Waals surface area contributed by atoms with Gasteiger partial charge in [0.05, 0.1) is 5.92 Å². The molecule has 1 amide bonds. The first-order valence-electron chi connectivity index (χ1n) is 6.95. The van der Waals surface area contributed by atoms with E-state index in [0.717, 1.165) is 31.1 Å². The van der Waals surface area contributed by atoms with Crippen molar-refractivity contribution >= 4 is 21.8 Å². The quantitative estimate of drug-likeness (QED) is 0.842. The molecule has 1 atom stereocenters. The van der Waals surface area contributed by atoms with Crippen LogP contribution in [0, 0.1) is 5.41 Å². The monoisotopic (exact) mass is 323 g/mol.